The number of amides is 2. The Morgan fingerprint density at radius 1 is 1.50 bits per heavy atom. The molecule has 12 heavy (non-hydrogen) atoms. The molecule has 0 aromatic heterocycles. The van der Waals surface area contributed by atoms with Gasteiger partial charge in [-0.1, -0.05) is 12.1 Å². The van der Waals surface area contributed by atoms with Crippen LogP contribution in [0.4, 0.5) is 10.5 Å². The Morgan fingerprint density at radius 3 is 2.83 bits per heavy atom. The first-order valence-electron chi connectivity index (χ1n) is 3.56. The van der Waals surface area contributed by atoms with Crippen LogP contribution in [0.3, 0.4) is 0 Å². The van der Waals surface area contributed by atoms with E-state index in [9.17, 15) is 4.79 Å². The van der Waals surface area contributed by atoms with Crippen molar-refractivity contribution in [3.8, 4) is 0 Å². The number of carbonyl (C=O) groups is 1. The largest absolute Gasteiger partial charge is 0.350 e. The zero-order valence-electron chi connectivity index (χ0n) is 6.79. The zero-order valence-corrected chi connectivity index (χ0v) is 6.79. The van der Waals surface area contributed by atoms with E-state index in [-0.39, 0.29) is 0 Å². The summed E-state index contributed by atoms with van der Waals surface area (Å²) in [7, 11) is 0. The Bertz CT molecular complexity index is 285. The van der Waals surface area contributed by atoms with E-state index in [2.05, 4.69) is 10.9 Å². The third kappa shape index (κ3) is 2.49. The Hall–Kier alpha value is -1.71. The highest BCUT2D eigenvalue weighted by Crippen LogP contribution is 2.07. The van der Waals surface area contributed by atoms with Crippen LogP contribution in [-0.2, 0) is 0 Å². The Labute approximate surface area is 70.7 Å². The number of nitrogens with one attached hydrogen (secondary N) is 2. The lowest BCUT2D eigenvalue weighted by molar-refractivity contribution is 0.250. The van der Waals surface area contributed by atoms with Crippen molar-refractivity contribution in [2.45, 2.75) is 6.92 Å². The van der Waals surface area contributed by atoms with Crippen LogP contribution in [0.25, 0.3) is 0 Å². The first-order valence-corrected chi connectivity index (χ1v) is 3.56. The Kier molecular flexibility index (Phi) is 2.53. The number of primary amides is 1. The van der Waals surface area contributed by atoms with Crippen molar-refractivity contribution in [1.29, 1.82) is 0 Å². The molecule has 0 unspecified atom stereocenters. The van der Waals surface area contributed by atoms with Crippen molar-refractivity contribution in [3.05, 3.63) is 29.8 Å². The molecule has 0 radical (unpaired) electrons. The molecule has 4 N–H and O–H groups in total. The van der Waals surface area contributed by atoms with E-state index < -0.39 is 6.03 Å². The van der Waals surface area contributed by atoms with Crippen LogP contribution in [0.15, 0.2) is 24.3 Å². The fraction of sp³-hybridized carbons (Fsp3) is 0.125. The quantitative estimate of drug-likeness (QED) is 0.572. The SMILES string of the molecule is Cc1cccc(NNC(N)=O)c1. The van der Waals surface area contributed by atoms with Gasteiger partial charge in [-0.15, -0.1) is 0 Å². The van der Waals surface area contributed by atoms with Crippen LogP contribution >= 0.6 is 0 Å². The maximum atomic E-state index is 10.3. The van der Waals surface area contributed by atoms with Crippen LogP contribution < -0.4 is 16.6 Å². The molecular formula is C8H11N3O. The van der Waals surface area contributed by atoms with Gasteiger partial charge in [-0.3, -0.25) is 10.9 Å². The highest BCUT2D eigenvalue weighted by atomic mass is 16.2. The van der Waals surface area contributed by atoms with Gasteiger partial charge in [0, 0.05) is 0 Å². The molecular weight excluding hydrogens is 154 g/mol. The fourth-order valence-corrected chi connectivity index (χ4v) is 0.857. The van der Waals surface area contributed by atoms with Crippen molar-refractivity contribution in [2.24, 2.45) is 5.73 Å². The summed E-state index contributed by atoms with van der Waals surface area (Å²) in [6.07, 6.45) is 0. The smallest absolute Gasteiger partial charge is 0.330 e. The number of anilines is 1. The molecule has 0 saturated carbocycles. The highest BCUT2D eigenvalue weighted by molar-refractivity contribution is 5.73. The number of hydrogen-bond acceptors (Lipinski definition) is 2. The second-order valence-electron chi connectivity index (χ2n) is 2.48. The summed E-state index contributed by atoms with van der Waals surface area (Å²) < 4.78 is 0. The summed E-state index contributed by atoms with van der Waals surface area (Å²) in [6, 6.07) is 6.99. The topological polar surface area (TPSA) is 67.2 Å². The van der Waals surface area contributed by atoms with Crippen LogP contribution in [-0.4, -0.2) is 6.03 Å². The molecule has 4 heteroatoms. The normalized spacial score (nSPS) is 9.08. The van der Waals surface area contributed by atoms with Crippen LogP contribution in [0, 0.1) is 6.92 Å². The standard InChI is InChI=1S/C8H11N3O/c1-6-3-2-4-7(5-6)10-11-8(9)12/h2-5,10H,1H3,(H3,9,11,12). The minimum atomic E-state index is -0.600. The number of hydrogen-bond donors (Lipinski definition) is 3. The maximum absolute atomic E-state index is 10.3. The molecule has 0 spiro atoms. The van der Waals surface area contributed by atoms with Crippen molar-refractivity contribution in [1.82, 2.24) is 5.43 Å². The summed E-state index contributed by atoms with van der Waals surface area (Å²) in [4.78, 5) is 10.3. The van der Waals surface area contributed by atoms with Gasteiger partial charge in [0.05, 0.1) is 5.69 Å². The van der Waals surface area contributed by atoms with Gasteiger partial charge >= 0.3 is 6.03 Å². The summed E-state index contributed by atoms with van der Waals surface area (Å²) in [6.45, 7) is 1.97. The van der Waals surface area contributed by atoms with E-state index in [0.29, 0.717) is 0 Å². The van der Waals surface area contributed by atoms with E-state index in [1.807, 2.05) is 31.2 Å². The summed E-state index contributed by atoms with van der Waals surface area (Å²) in [5.41, 5.74) is 11.7. The fourth-order valence-electron chi connectivity index (χ4n) is 0.857. The van der Waals surface area contributed by atoms with Crippen molar-refractivity contribution < 1.29 is 4.79 Å². The van der Waals surface area contributed by atoms with Gasteiger partial charge in [0.1, 0.15) is 0 Å². The summed E-state index contributed by atoms with van der Waals surface area (Å²) in [5, 5.41) is 0. The second-order valence-corrected chi connectivity index (χ2v) is 2.48. The van der Waals surface area contributed by atoms with E-state index in [1.165, 1.54) is 0 Å². The van der Waals surface area contributed by atoms with E-state index in [1.54, 1.807) is 0 Å². The second kappa shape index (κ2) is 3.61. The molecule has 1 aromatic rings. The van der Waals surface area contributed by atoms with Gasteiger partial charge in [0.2, 0.25) is 0 Å². The molecule has 2 amide bonds. The van der Waals surface area contributed by atoms with Gasteiger partial charge in [-0.05, 0) is 24.6 Å². The molecule has 0 saturated heterocycles. The van der Waals surface area contributed by atoms with Crippen LogP contribution in [0.5, 0.6) is 0 Å². The molecule has 1 aromatic carbocycles. The third-order valence-electron chi connectivity index (χ3n) is 1.35. The lowest BCUT2D eigenvalue weighted by Gasteiger charge is -2.05. The van der Waals surface area contributed by atoms with Gasteiger partial charge in [0.25, 0.3) is 0 Å². The number of hydrazine groups is 1. The number of aryl methyl sites for hydroxylation is 1. The lowest BCUT2D eigenvalue weighted by Crippen LogP contribution is -2.34. The van der Waals surface area contributed by atoms with E-state index >= 15 is 0 Å². The van der Waals surface area contributed by atoms with Crippen molar-refractivity contribution in [2.75, 3.05) is 5.43 Å². The minimum absolute atomic E-state index is 0.600. The van der Waals surface area contributed by atoms with Crippen LogP contribution in [0.1, 0.15) is 5.56 Å². The molecule has 0 aliphatic carbocycles. The Balaban J connectivity index is 2.57. The molecule has 0 atom stereocenters. The van der Waals surface area contributed by atoms with Crippen molar-refractivity contribution >= 4 is 11.7 Å². The molecule has 1 rings (SSSR count). The van der Waals surface area contributed by atoms with E-state index in [4.69, 9.17) is 5.73 Å². The molecule has 4 nitrogen and oxygen atoms in total. The highest BCUT2D eigenvalue weighted by Gasteiger charge is 1.92. The predicted octanol–water partition coefficient (Wildman–Crippen LogP) is 0.990. The molecule has 0 aliphatic heterocycles. The zero-order chi connectivity index (χ0) is 8.97. The van der Waals surface area contributed by atoms with Crippen LogP contribution in [0.2, 0.25) is 0 Å². The first-order chi connectivity index (χ1) is 5.68. The number of rotatable bonds is 2. The number of nitrogens with two attached hydrogens (primary N) is 1. The lowest BCUT2D eigenvalue weighted by atomic mass is 10.2. The summed E-state index contributed by atoms with van der Waals surface area (Å²) >= 11 is 0. The monoisotopic (exact) mass is 165 g/mol. The van der Waals surface area contributed by atoms with Gasteiger partial charge in [0.15, 0.2) is 0 Å². The van der Waals surface area contributed by atoms with Gasteiger partial charge in [-0.25, -0.2) is 4.79 Å². The van der Waals surface area contributed by atoms with Gasteiger partial charge < -0.3 is 5.73 Å². The van der Waals surface area contributed by atoms with Gasteiger partial charge in [-0.2, -0.15) is 0 Å². The average Bonchev–Trinajstić information content (AvgIpc) is 2.01. The molecule has 64 valence electrons. The molecule has 0 heterocycles. The Morgan fingerprint density at radius 2 is 2.25 bits per heavy atom. The summed E-state index contributed by atoms with van der Waals surface area (Å²) in [5.74, 6) is 0. The molecule has 0 fully saturated rings. The molecule has 0 bridgehead atoms. The minimum Gasteiger partial charge on any atom is -0.350 e. The predicted molar refractivity (Wildman–Crippen MR) is 47.5 cm³/mol. The first kappa shape index (κ1) is 8.39. The number of carbonyl (C=O) groups excluding carboxylic acids is 1. The average molecular weight is 165 g/mol. The third-order valence-corrected chi connectivity index (χ3v) is 1.35. The molecule has 0 aliphatic rings. The number of benzene rings is 1. The maximum Gasteiger partial charge on any atom is 0.330 e. The van der Waals surface area contributed by atoms with Crippen molar-refractivity contribution in [3.63, 3.8) is 0 Å². The van der Waals surface area contributed by atoms with E-state index in [0.717, 1.165) is 11.3 Å². The number of urea groups is 1.